The number of hydrogen-bond donors (Lipinski definition) is 0. The van der Waals surface area contributed by atoms with Gasteiger partial charge in [0.2, 0.25) is 0 Å². The smallest absolute Gasteiger partial charge is 0.294 e. The van der Waals surface area contributed by atoms with E-state index in [0.717, 1.165) is 0 Å². The van der Waals surface area contributed by atoms with Crippen molar-refractivity contribution in [1.82, 2.24) is 0 Å². The first-order chi connectivity index (χ1) is 3.79. The zero-order valence-corrected chi connectivity index (χ0v) is 4.07. The van der Waals surface area contributed by atoms with E-state index in [1.54, 1.807) is 0 Å². The third-order valence-electron chi connectivity index (χ3n) is 0.768. The van der Waals surface area contributed by atoms with Crippen molar-refractivity contribution in [2.24, 2.45) is 0 Å². The van der Waals surface area contributed by atoms with Crippen molar-refractivity contribution in [2.75, 3.05) is 13.2 Å². The lowest BCUT2D eigenvalue weighted by Crippen LogP contribution is -2.06. The van der Waals surface area contributed by atoms with Gasteiger partial charge in [0.25, 0.3) is 5.09 Å². The molecule has 5 nitrogen and oxygen atoms in total. The van der Waals surface area contributed by atoms with Crippen molar-refractivity contribution >= 4 is 0 Å². The van der Waals surface area contributed by atoms with E-state index in [2.05, 4.69) is 9.57 Å². The summed E-state index contributed by atoms with van der Waals surface area (Å²) < 4.78 is 4.63. The Morgan fingerprint density at radius 3 is 3.00 bits per heavy atom. The molecular weight excluding hydrogens is 114 g/mol. The molecule has 0 unspecified atom stereocenters. The molecule has 1 aliphatic rings. The third-order valence-corrected chi connectivity index (χ3v) is 0.768. The summed E-state index contributed by atoms with van der Waals surface area (Å²) in [7, 11) is 0. The van der Waals surface area contributed by atoms with Gasteiger partial charge >= 0.3 is 0 Å². The molecule has 0 N–H and O–H groups in total. The summed E-state index contributed by atoms with van der Waals surface area (Å²) in [5.74, 6) is 0. The highest BCUT2D eigenvalue weighted by molar-refractivity contribution is 4.65. The van der Waals surface area contributed by atoms with Crippen LogP contribution in [0, 0.1) is 10.1 Å². The number of rotatable bonds is 3. The van der Waals surface area contributed by atoms with Gasteiger partial charge in [0.05, 0.1) is 6.61 Å². The number of epoxide rings is 1. The van der Waals surface area contributed by atoms with Crippen molar-refractivity contribution in [1.29, 1.82) is 0 Å². The Bertz CT molecular complexity index is 99.5. The summed E-state index contributed by atoms with van der Waals surface area (Å²) in [4.78, 5) is 13.4. The zero-order valence-electron chi connectivity index (χ0n) is 4.07. The number of hydrogen-bond acceptors (Lipinski definition) is 4. The fourth-order valence-corrected chi connectivity index (χ4v) is 0.308. The Labute approximate surface area is 45.3 Å². The molecule has 5 heteroatoms. The molecular formula is C3H5NO4. The van der Waals surface area contributed by atoms with Gasteiger partial charge in [-0.25, -0.2) is 0 Å². The molecule has 1 heterocycles. The third kappa shape index (κ3) is 1.74. The fraction of sp³-hybridized carbons (Fsp3) is 1.00. The summed E-state index contributed by atoms with van der Waals surface area (Å²) in [6, 6.07) is 0. The Kier molecular flexibility index (Phi) is 1.29. The van der Waals surface area contributed by atoms with Gasteiger partial charge in [-0.15, -0.1) is 10.1 Å². The lowest BCUT2D eigenvalue weighted by atomic mass is 10.5. The molecule has 1 aliphatic heterocycles. The van der Waals surface area contributed by atoms with Gasteiger partial charge < -0.3 is 9.57 Å². The molecule has 0 aliphatic carbocycles. The quantitative estimate of drug-likeness (QED) is 0.288. The molecule has 0 saturated carbocycles. The highest BCUT2D eigenvalue weighted by atomic mass is 17.0. The Balaban J connectivity index is 1.95. The van der Waals surface area contributed by atoms with Crippen molar-refractivity contribution in [3.63, 3.8) is 0 Å². The van der Waals surface area contributed by atoms with Gasteiger partial charge in [-0.1, -0.05) is 0 Å². The lowest BCUT2D eigenvalue weighted by molar-refractivity contribution is -0.758. The average molecular weight is 119 g/mol. The van der Waals surface area contributed by atoms with E-state index in [0.29, 0.717) is 6.61 Å². The van der Waals surface area contributed by atoms with Crippen LogP contribution in [0.25, 0.3) is 0 Å². The van der Waals surface area contributed by atoms with Crippen LogP contribution < -0.4 is 0 Å². The Morgan fingerprint density at radius 1 is 2.00 bits per heavy atom. The van der Waals surface area contributed by atoms with Crippen molar-refractivity contribution in [2.45, 2.75) is 6.10 Å². The van der Waals surface area contributed by atoms with Gasteiger partial charge in [-0.2, -0.15) is 0 Å². The van der Waals surface area contributed by atoms with E-state index in [1.165, 1.54) is 0 Å². The standard InChI is InChI=1S/C3H5NO4/c5-4(6)8-2-3-1-7-3/h3H,1-2H2/t3-/m0/s1. The molecule has 1 rings (SSSR count). The monoisotopic (exact) mass is 119 g/mol. The second kappa shape index (κ2) is 1.95. The van der Waals surface area contributed by atoms with Crippen LogP contribution in [-0.2, 0) is 9.57 Å². The van der Waals surface area contributed by atoms with E-state index in [1.807, 2.05) is 0 Å². The van der Waals surface area contributed by atoms with Crippen molar-refractivity contribution < 1.29 is 14.7 Å². The van der Waals surface area contributed by atoms with E-state index in [9.17, 15) is 10.1 Å². The van der Waals surface area contributed by atoms with E-state index in [-0.39, 0.29) is 12.7 Å². The summed E-state index contributed by atoms with van der Waals surface area (Å²) >= 11 is 0. The highest BCUT2D eigenvalue weighted by Crippen LogP contribution is 2.07. The van der Waals surface area contributed by atoms with Gasteiger partial charge in [0.15, 0.2) is 0 Å². The van der Waals surface area contributed by atoms with Crippen LogP contribution in [-0.4, -0.2) is 24.4 Å². The molecule has 0 aromatic carbocycles. The summed E-state index contributed by atoms with van der Waals surface area (Å²) in [6.45, 7) is 0.668. The molecule has 0 spiro atoms. The molecule has 0 aromatic rings. The highest BCUT2D eigenvalue weighted by Gasteiger charge is 2.23. The Morgan fingerprint density at radius 2 is 2.62 bits per heavy atom. The first-order valence-corrected chi connectivity index (χ1v) is 2.18. The van der Waals surface area contributed by atoms with Crippen molar-refractivity contribution in [3.05, 3.63) is 10.1 Å². The van der Waals surface area contributed by atoms with E-state index in [4.69, 9.17) is 0 Å². The average Bonchev–Trinajstić information content (AvgIpc) is 2.41. The zero-order chi connectivity index (χ0) is 5.98. The topological polar surface area (TPSA) is 64.9 Å². The maximum Gasteiger partial charge on any atom is 0.294 e. The minimum Gasteiger partial charge on any atom is -0.371 e. The van der Waals surface area contributed by atoms with Crippen LogP contribution in [0.2, 0.25) is 0 Å². The summed E-state index contributed by atoms with van der Waals surface area (Å²) in [6.07, 6.45) is -0.0274. The van der Waals surface area contributed by atoms with Crippen LogP contribution >= 0.6 is 0 Å². The molecule has 1 fully saturated rings. The minimum absolute atomic E-state index is 0.0274. The van der Waals surface area contributed by atoms with Gasteiger partial charge in [-0.05, 0) is 0 Å². The van der Waals surface area contributed by atoms with Crippen LogP contribution in [0.5, 0.6) is 0 Å². The van der Waals surface area contributed by atoms with Crippen LogP contribution in [0.1, 0.15) is 0 Å². The fourth-order valence-electron chi connectivity index (χ4n) is 0.308. The molecule has 8 heavy (non-hydrogen) atoms. The summed E-state index contributed by atoms with van der Waals surface area (Å²) in [5.41, 5.74) is 0. The molecule has 0 radical (unpaired) electrons. The molecule has 0 amide bonds. The number of ether oxygens (including phenoxy) is 1. The van der Waals surface area contributed by atoms with Gasteiger partial charge in [-0.3, -0.25) is 0 Å². The normalized spacial score (nSPS) is 24.8. The number of nitrogens with zero attached hydrogens (tertiary/aromatic N) is 1. The molecule has 1 atom stereocenters. The first-order valence-electron chi connectivity index (χ1n) is 2.18. The predicted molar refractivity (Wildman–Crippen MR) is 22.7 cm³/mol. The van der Waals surface area contributed by atoms with Gasteiger partial charge in [0.1, 0.15) is 12.7 Å². The van der Waals surface area contributed by atoms with Crippen LogP contribution in [0.3, 0.4) is 0 Å². The molecule has 0 bridgehead atoms. The molecule has 1 saturated heterocycles. The van der Waals surface area contributed by atoms with Crippen molar-refractivity contribution in [3.8, 4) is 0 Å². The summed E-state index contributed by atoms with van der Waals surface area (Å²) in [5, 5.41) is 8.64. The predicted octanol–water partition coefficient (Wildman–Crippen LogP) is -0.407. The largest absolute Gasteiger partial charge is 0.371 e. The van der Waals surface area contributed by atoms with E-state index < -0.39 is 5.09 Å². The first kappa shape index (κ1) is 5.30. The molecule has 0 aromatic heterocycles. The maximum atomic E-state index is 9.46. The Hall–Kier alpha value is -0.840. The second-order valence-corrected chi connectivity index (χ2v) is 1.47. The molecule has 46 valence electrons. The SMILES string of the molecule is O=[N+]([O-])OC[C@@H]1CO1. The lowest BCUT2D eigenvalue weighted by Gasteiger charge is -1.89. The van der Waals surface area contributed by atoms with Gasteiger partial charge in [0, 0.05) is 0 Å². The van der Waals surface area contributed by atoms with Crippen LogP contribution in [0.15, 0.2) is 0 Å². The van der Waals surface area contributed by atoms with E-state index >= 15 is 0 Å². The second-order valence-electron chi connectivity index (χ2n) is 1.47. The maximum absolute atomic E-state index is 9.46. The minimum atomic E-state index is -0.818. The van der Waals surface area contributed by atoms with Crippen LogP contribution in [0.4, 0.5) is 0 Å².